The van der Waals surface area contributed by atoms with Gasteiger partial charge in [0, 0.05) is 12.5 Å². The molecule has 3 atom stereocenters. The van der Waals surface area contributed by atoms with Crippen molar-refractivity contribution in [2.45, 2.75) is 64.5 Å². The van der Waals surface area contributed by atoms with Gasteiger partial charge in [0.05, 0.1) is 5.92 Å². The summed E-state index contributed by atoms with van der Waals surface area (Å²) in [5.74, 6) is -1.98. The number of carbonyl (C=O) groups excluding carboxylic acids is 2. The van der Waals surface area contributed by atoms with Gasteiger partial charge >= 0.3 is 11.9 Å². The second-order valence-electron chi connectivity index (χ2n) is 7.27. The lowest BCUT2D eigenvalue weighted by molar-refractivity contribution is -0.164. The van der Waals surface area contributed by atoms with Crippen molar-refractivity contribution < 1.29 is 24.2 Å². The predicted octanol–water partition coefficient (Wildman–Crippen LogP) is 1.82. The number of carboxylic acids is 1. The van der Waals surface area contributed by atoms with Crippen molar-refractivity contribution in [1.82, 2.24) is 4.90 Å². The number of carbonyl (C=O) groups is 3. The molecular formula is C16H25NO5. The smallest absolute Gasteiger partial charge is 0.329 e. The van der Waals surface area contributed by atoms with E-state index in [0.29, 0.717) is 32.2 Å². The Morgan fingerprint density at radius 3 is 2.27 bits per heavy atom. The van der Waals surface area contributed by atoms with Crippen LogP contribution in [-0.2, 0) is 19.1 Å². The monoisotopic (exact) mass is 311 g/mol. The minimum absolute atomic E-state index is 0.0860. The minimum Gasteiger partial charge on any atom is -0.481 e. The van der Waals surface area contributed by atoms with E-state index in [0.717, 1.165) is 6.42 Å². The summed E-state index contributed by atoms with van der Waals surface area (Å²) >= 11 is 0. The van der Waals surface area contributed by atoms with E-state index in [2.05, 4.69) is 0 Å². The van der Waals surface area contributed by atoms with E-state index >= 15 is 0 Å². The SMILES string of the molecule is CC(C)(C)OC(=O)[C@H]1CCCN1C(=O)[C@@H]1CC[C@H](C(=O)O)C1. The summed E-state index contributed by atoms with van der Waals surface area (Å²) in [4.78, 5) is 37.5. The van der Waals surface area contributed by atoms with Gasteiger partial charge in [-0.1, -0.05) is 0 Å². The van der Waals surface area contributed by atoms with Crippen LogP contribution >= 0.6 is 0 Å². The summed E-state index contributed by atoms with van der Waals surface area (Å²) in [5, 5.41) is 9.05. The number of rotatable bonds is 3. The molecule has 124 valence electrons. The Hall–Kier alpha value is -1.59. The first-order valence-corrected chi connectivity index (χ1v) is 7.95. The van der Waals surface area contributed by atoms with E-state index in [1.54, 1.807) is 25.7 Å². The van der Waals surface area contributed by atoms with Crippen molar-refractivity contribution >= 4 is 17.8 Å². The molecule has 6 heteroatoms. The van der Waals surface area contributed by atoms with Gasteiger partial charge in [-0.15, -0.1) is 0 Å². The lowest BCUT2D eigenvalue weighted by Gasteiger charge is -2.29. The minimum atomic E-state index is -0.833. The molecule has 2 aliphatic rings. The third-order valence-electron chi connectivity index (χ3n) is 4.35. The Morgan fingerprint density at radius 2 is 1.73 bits per heavy atom. The molecule has 0 radical (unpaired) electrons. The van der Waals surface area contributed by atoms with Gasteiger partial charge in [-0.2, -0.15) is 0 Å². The third kappa shape index (κ3) is 3.78. The van der Waals surface area contributed by atoms with E-state index in [1.807, 2.05) is 0 Å². The van der Waals surface area contributed by atoms with E-state index in [9.17, 15) is 14.4 Å². The van der Waals surface area contributed by atoms with Crippen LogP contribution in [0.25, 0.3) is 0 Å². The number of hydrogen-bond acceptors (Lipinski definition) is 4. The Labute approximate surface area is 130 Å². The fraction of sp³-hybridized carbons (Fsp3) is 0.812. The maximum Gasteiger partial charge on any atom is 0.329 e. The average Bonchev–Trinajstić information content (AvgIpc) is 3.05. The van der Waals surface area contributed by atoms with Crippen LogP contribution in [0.5, 0.6) is 0 Å². The third-order valence-corrected chi connectivity index (χ3v) is 4.35. The first-order valence-electron chi connectivity index (χ1n) is 7.95. The van der Waals surface area contributed by atoms with Gasteiger partial charge in [0.15, 0.2) is 0 Å². The first kappa shape index (κ1) is 16.8. The number of ether oxygens (including phenoxy) is 1. The van der Waals surface area contributed by atoms with Gasteiger partial charge < -0.3 is 14.7 Å². The lowest BCUT2D eigenvalue weighted by Crippen LogP contribution is -2.45. The van der Waals surface area contributed by atoms with Gasteiger partial charge in [0.25, 0.3) is 0 Å². The second-order valence-corrected chi connectivity index (χ2v) is 7.27. The molecule has 1 aliphatic heterocycles. The zero-order valence-corrected chi connectivity index (χ0v) is 13.5. The molecule has 1 N–H and O–H groups in total. The molecule has 0 aromatic heterocycles. The topological polar surface area (TPSA) is 83.9 Å². The molecule has 1 amide bonds. The molecule has 0 aromatic rings. The summed E-state index contributed by atoms with van der Waals surface area (Å²) in [6.45, 7) is 5.97. The molecule has 0 aromatic carbocycles. The molecule has 0 unspecified atom stereocenters. The molecule has 1 aliphatic carbocycles. The van der Waals surface area contributed by atoms with Crippen molar-refractivity contribution in [3.05, 3.63) is 0 Å². The van der Waals surface area contributed by atoms with Crippen LogP contribution in [0.1, 0.15) is 52.9 Å². The molecule has 1 saturated heterocycles. The van der Waals surface area contributed by atoms with Gasteiger partial charge in [-0.3, -0.25) is 9.59 Å². The molecule has 22 heavy (non-hydrogen) atoms. The highest BCUT2D eigenvalue weighted by Gasteiger charge is 2.42. The van der Waals surface area contributed by atoms with E-state index < -0.39 is 23.5 Å². The largest absolute Gasteiger partial charge is 0.481 e. The number of carboxylic acid groups (broad SMARTS) is 1. The van der Waals surface area contributed by atoms with Gasteiger partial charge in [0.1, 0.15) is 11.6 Å². The Balaban J connectivity index is 2.00. The average molecular weight is 311 g/mol. The van der Waals surface area contributed by atoms with Crippen molar-refractivity contribution in [2.24, 2.45) is 11.8 Å². The second kappa shape index (κ2) is 6.26. The zero-order chi connectivity index (χ0) is 16.5. The van der Waals surface area contributed by atoms with Gasteiger partial charge in [0.2, 0.25) is 5.91 Å². The summed E-state index contributed by atoms with van der Waals surface area (Å²) in [6.07, 6.45) is 2.91. The highest BCUT2D eigenvalue weighted by molar-refractivity contribution is 5.87. The fourth-order valence-electron chi connectivity index (χ4n) is 3.31. The number of amides is 1. The zero-order valence-electron chi connectivity index (χ0n) is 13.5. The highest BCUT2D eigenvalue weighted by atomic mass is 16.6. The number of aliphatic carboxylic acids is 1. The summed E-state index contributed by atoms with van der Waals surface area (Å²) in [7, 11) is 0. The maximum atomic E-state index is 12.6. The van der Waals surface area contributed by atoms with Gasteiger partial charge in [-0.05, 0) is 52.9 Å². The van der Waals surface area contributed by atoms with Crippen LogP contribution in [0.2, 0.25) is 0 Å². The van der Waals surface area contributed by atoms with E-state index in [1.165, 1.54) is 0 Å². The molecule has 6 nitrogen and oxygen atoms in total. The molecule has 1 saturated carbocycles. The van der Waals surface area contributed by atoms with Crippen molar-refractivity contribution in [3.63, 3.8) is 0 Å². The molecular weight excluding hydrogens is 286 g/mol. The van der Waals surface area contributed by atoms with Crippen molar-refractivity contribution in [3.8, 4) is 0 Å². The van der Waals surface area contributed by atoms with Crippen LogP contribution in [0.4, 0.5) is 0 Å². The van der Waals surface area contributed by atoms with Crippen LogP contribution in [0.3, 0.4) is 0 Å². The molecule has 0 bridgehead atoms. The fourth-order valence-corrected chi connectivity index (χ4v) is 3.31. The number of hydrogen-bond donors (Lipinski definition) is 1. The highest BCUT2D eigenvalue weighted by Crippen LogP contribution is 2.34. The Bertz CT molecular complexity index is 468. The molecule has 2 fully saturated rings. The van der Waals surface area contributed by atoms with Crippen LogP contribution in [-0.4, -0.2) is 46.0 Å². The lowest BCUT2D eigenvalue weighted by atomic mass is 10.0. The van der Waals surface area contributed by atoms with Crippen LogP contribution < -0.4 is 0 Å². The number of nitrogens with zero attached hydrogens (tertiary/aromatic N) is 1. The van der Waals surface area contributed by atoms with E-state index in [4.69, 9.17) is 9.84 Å². The Kier molecular flexibility index (Phi) is 4.78. The summed E-state index contributed by atoms with van der Waals surface area (Å²) < 4.78 is 5.40. The maximum absolute atomic E-state index is 12.6. The van der Waals surface area contributed by atoms with Gasteiger partial charge in [-0.25, -0.2) is 4.79 Å². The molecule has 1 heterocycles. The van der Waals surface area contributed by atoms with E-state index in [-0.39, 0.29) is 17.8 Å². The standard InChI is InChI=1S/C16H25NO5/c1-16(2,3)22-15(21)12-5-4-8-17(12)13(18)10-6-7-11(9-10)14(19)20/h10-12H,4-9H2,1-3H3,(H,19,20)/t10-,11+,12-/m1/s1. The first-order chi connectivity index (χ1) is 10.2. The molecule has 2 rings (SSSR count). The number of likely N-dealkylation sites (tertiary alicyclic amines) is 1. The van der Waals surface area contributed by atoms with Crippen LogP contribution in [0, 0.1) is 11.8 Å². The normalized spacial score (nSPS) is 28.7. The quantitative estimate of drug-likeness (QED) is 0.804. The van der Waals surface area contributed by atoms with Crippen molar-refractivity contribution in [1.29, 1.82) is 0 Å². The van der Waals surface area contributed by atoms with Crippen molar-refractivity contribution in [2.75, 3.05) is 6.54 Å². The molecule has 0 spiro atoms. The number of esters is 1. The van der Waals surface area contributed by atoms with Crippen LogP contribution in [0.15, 0.2) is 0 Å². The predicted molar refractivity (Wildman–Crippen MR) is 79.0 cm³/mol. The summed E-state index contributed by atoms with van der Waals surface area (Å²) in [6, 6.07) is -0.518. The Morgan fingerprint density at radius 1 is 1.09 bits per heavy atom. The summed E-state index contributed by atoms with van der Waals surface area (Å²) in [5.41, 5.74) is -0.573.